The normalized spacial score (nSPS) is 19.1. The van der Waals surface area contributed by atoms with Gasteiger partial charge in [0.25, 0.3) is 5.91 Å². The summed E-state index contributed by atoms with van der Waals surface area (Å²) in [7, 11) is -3.76. The third kappa shape index (κ3) is 4.67. The Labute approximate surface area is 200 Å². The van der Waals surface area contributed by atoms with Crippen LogP contribution in [-0.2, 0) is 19.6 Å². The van der Waals surface area contributed by atoms with Crippen LogP contribution in [0.3, 0.4) is 0 Å². The highest BCUT2D eigenvalue weighted by Crippen LogP contribution is 2.34. The highest BCUT2D eigenvalue weighted by molar-refractivity contribution is 7.89. The Morgan fingerprint density at radius 2 is 1.88 bits per heavy atom. The van der Waals surface area contributed by atoms with Gasteiger partial charge in [0.15, 0.2) is 6.10 Å². The number of carbonyl (C=O) groups excluding carboxylic acids is 2. The Hall–Kier alpha value is -2.91. The minimum Gasteiger partial charge on any atom is -0.478 e. The van der Waals surface area contributed by atoms with Crippen molar-refractivity contribution >= 4 is 33.2 Å². The van der Waals surface area contributed by atoms with Gasteiger partial charge in [-0.1, -0.05) is 19.1 Å². The van der Waals surface area contributed by atoms with Crippen LogP contribution in [0.25, 0.3) is 0 Å². The number of hydrogen-bond donors (Lipinski definition) is 1. The molecule has 1 atom stereocenters. The lowest BCUT2D eigenvalue weighted by Crippen LogP contribution is -2.44. The summed E-state index contributed by atoms with van der Waals surface area (Å²) in [5.41, 5.74) is 2.31. The fourth-order valence-electron chi connectivity index (χ4n) is 4.53. The maximum atomic E-state index is 13.3. The van der Waals surface area contributed by atoms with Gasteiger partial charge >= 0.3 is 0 Å². The first-order valence-electron chi connectivity index (χ1n) is 11.7. The predicted molar refractivity (Wildman–Crippen MR) is 130 cm³/mol. The van der Waals surface area contributed by atoms with Crippen molar-refractivity contribution in [3.05, 3.63) is 48.0 Å². The van der Waals surface area contributed by atoms with E-state index in [2.05, 4.69) is 5.32 Å². The minimum atomic E-state index is -3.76. The Morgan fingerprint density at radius 1 is 1.15 bits per heavy atom. The van der Waals surface area contributed by atoms with Gasteiger partial charge in [-0.25, -0.2) is 8.42 Å². The van der Waals surface area contributed by atoms with E-state index >= 15 is 0 Å². The number of benzene rings is 2. The zero-order chi connectivity index (χ0) is 24.5. The second kappa shape index (κ2) is 9.76. The molecule has 34 heavy (non-hydrogen) atoms. The Kier molecular flexibility index (Phi) is 6.95. The number of hydrogen-bond acceptors (Lipinski definition) is 5. The molecule has 1 fully saturated rings. The zero-order valence-corrected chi connectivity index (χ0v) is 20.6. The molecule has 2 aromatic carbocycles. The SMILES string of the molecule is CCC1Oc2ccc(S(=O)(=O)N3CCC(C(=O)N(CC)c4cccc(C)c4)CC3)cc2NC1=O. The molecule has 1 N–H and O–H groups in total. The summed E-state index contributed by atoms with van der Waals surface area (Å²) in [6, 6.07) is 12.4. The van der Waals surface area contributed by atoms with Crippen molar-refractivity contribution in [2.75, 3.05) is 29.9 Å². The first-order valence-corrected chi connectivity index (χ1v) is 13.2. The molecule has 0 aliphatic carbocycles. The van der Waals surface area contributed by atoms with Crippen molar-refractivity contribution in [3.8, 4) is 5.75 Å². The van der Waals surface area contributed by atoms with Crippen molar-refractivity contribution < 1.29 is 22.7 Å². The zero-order valence-electron chi connectivity index (χ0n) is 19.8. The number of piperidine rings is 1. The van der Waals surface area contributed by atoms with Gasteiger partial charge < -0.3 is 15.0 Å². The van der Waals surface area contributed by atoms with Crippen LogP contribution in [0.15, 0.2) is 47.4 Å². The van der Waals surface area contributed by atoms with Crippen molar-refractivity contribution in [1.29, 1.82) is 0 Å². The first kappa shape index (κ1) is 24.2. The lowest BCUT2D eigenvalue weighted by atomic mass is 9.96. The number of aryl methyl sites for hydroxylation is 1. The molecular formula is C25H31N3O5S. The van der Waals surface area contributed by atoms with E-state index in [9.17, 15) is 18.0 Å². The van der Waals surface area contributed by atoms with E-state index in [0.29, 0.717) is 37.2 Å². The highest BCUT2D eigenvalue weighted by atomic mass is 32.2. The monoisotopic (exact) mass is 485 g/mol. The molecule has 2 aliphatic heterocycles. The van der Waals surface area contributed by atoms with E-state index in [-0.39, 0.29) is 35.7 Å². The average molecular weight is 486 g/mol. The van der Waals surface area contributed by atoms with Gasteiger partial charge in [-0.15, -0.1) is 0 Å². The maximum absolute atomic E-state index is 13.3. The van der Waals surface area contributed by atoms with Gasteiger partial charge in [0.2, 0.25) is 15.9 Å². The summed E-state index contributed by atoms with van der Waals surface area (Å²) in [6.45, 7) is 6.88. The second-order valence-corrected chi connectivity index (χ2v) is 10.7. The van der Waals surface area contributed by atoms with Gasteiger partial charge in [0.05, 0.1) is 10.6 Å². The highest BCUT2D eigenvalue weighted by Gasteiger charge is 2.35. The van der Waals surface area contributed by atoms with E-state index in [0.717, 1.165) is 11.3 Å². The van der Waals surface area contributed by atoms with Crippen LogP contribution in [0.4, 0.5) is 11.4 Å². The molecule has 2 aromatic rings. The van der Waals surface area contributed by atoms with Crippen LogP contribution in [0.2, 0.25) is 0 Å². The molecule has 2 amide bonds. The second-order valence-electron chi connectivity index (χ2n) is 8.76. The van der Waals surface area contributed by atoms with E-state index in [1.165, 1.54) is 16.4 Å². The number of sulfonamides is 1. The molecule has 2 aliphatic rings. The van der Waals surface area contributed by atoms with Crippen LogP contribution >= 0.6 is 0 Å². The maximum Gasteiger partial charge on any atom is 0.265 e. The number of ether oxygens (including phenoxy) is 1. The largest absolute Gasteiger partial charge is 0.478 e. The summed E-state index contributed by atoms with van der Waals surface area (Å²) in [5.74, 6) is -0.0122. The summed E-state index contributed by atoms with van der Waals surface area (Å²) in [6.07, 6.45) is 0.874. The molecule has 2 heterocycles. The van der Waals surface area contributed by atoms with E-state index in [1.807, 2.05) is 45.0 Å². The number of amides is 2. The Bertz CT molecular complexity index is 1190. The number of fused-ring (bicyclic) bond motifs is 1. The molecular weight excluding hydrogens is 454 g/mol. The Morgan fingerprint density at radius 3 is 2.53 bits per heavy atom. The van der Waals surface area contributed by atoms with Crippen LogP contribution in [0, 0.1) is 12.8 Å². The van der Waals surface area contributed by atoms with Gasteiger partial charge in [-0.05, 0) is 69.0 Å². The van der Waals surface area contributed by atoms with Gasteiger partial charge in [0, 0.05) is 31.2 Å². The van der Waals surface area contributed by atoms with Crippen LogP contribution in [-0.4, -0.2) is 50.3 Å². The topological polar surface area (TPSA) is 96.0 Å². The van der Waals surface area contributed by atoms with Gasteiger partial charge in [-0.3, -0.25) is 9.59 Å². The molecule has 4 rings (SSSR count). The fourth-order valence-corrected chi connectivity index (χ4v) is 6.03. The fraction of sp³-hybridized carbons (Fsp3) is 0.440. The molecule has 9 heteroatoms. The molecule has 0 aromatic heterocycles. The molecule has 0 bridgehead atoms. The molecule has 182 valence electrons. The number of anilines is 2. The number of nitrogens with one attached hydrogen (secondary N) is 1. The van der Waals surface area contributed by atoms with E-state index < -0.39 is 16.1 Å². The summed E-state index contributed by atoms with van der Waals surface area (Å²) in [5, 5.41) is 2.74. The molecule has 8 nitrogen and oxygen atoms in total. The number of nitrogens with zero attached hydrogens (tertiary/aromatic N) is 2. The number of rotatable bonds is 6. The van der Waals surface area contributed by atoms with Crippen molar-refractivity contribution in [2.24, 2.45) is 5.92 Å². The lowest BCUT2D eigenvalue weighted by molar-refractivity contribution is -0.124. The molecule has 1 saturated heterocycles. The van der Waals surface area contributed by atoms with Crippen molar-refractivity contribution in [3.63, 3.8) is 0 Å². The third-order valence-corrected chi connectivity index (χ3v) is 8.37. The standard InChI is InChI=1S/C25H31N3O5S/c1-4-22-24(29)26-21-16-20(9-10-23(21)33-22)34(31,32)27-13-11-18(12-14-27)25(30)28(5-2)19-8-6-7-17(3)15-19/h6-10,15-16,18,22H,4-5,11-14H2,1-3H3,(H,26,29). The van der Waals surface area contributed by atoms with Crippen molar-refractivity contribution in [1.82, 2.24) is 4.31 Å². The summed E-state index contributed by atoms with van der Waals surface area (Å²) >= 11 is 0. The van der Waals surface area contributed by atoms with Gasteiger partial charge in [-0.2, -0.15) is 4.31 Å². The first-order chi connectivity index (χ1) is 16.2. The molecule has 0 radical (unpaired) electrons. The van der Waals surface area contributed by atoms with Crippen LogP contribution in [0.5, 0.6) is 5.75 Å². The molecule has 0 saturated carbocycles. The van der Waals surface area contributed by atoms with Crippen LogP contribution < -0.4 is 15.0 Å². The number of carbonyl (C=O) groups is 2. The minimum absolute atomic E-state index is 0.0317. The third-order valence-electron chi connectivity index (χ3n) is 6.48. The average Bonchev–Trinajstić information content (AvgIpc) is 2.83. The summed E-state index contributed by atoms with van der Waals surface area (Å²) in [4.78, 5) is 27.2. The summed E-state index contributed by atoms with van der Waals surface area (Å²) < 4.78 is 33.6. The quantitative estimate of drug-likeness (QED) is 0.675. The predicted octanol–water partition coefficient (Wildman–Crippen LogP) is 3.56. The molecule has 1 unspecified atom stereocenters. The van der Waals surface area contributed by atoms with Crippen LogP contribution in [0.1, 0.15) is 38.7 Å². The van der Waals surface area contributed by atoms with Crippen molar-refractivity contribution in [2.45, 2.75) is 51.0 Å². The van der Waals surface area contributed by atoms with Gasteiger partial charge in [0.1, 0.15) is 5.75 Å². The van der Waals surface area contributed by atoms with E-state index in [4.69, 9.17) is 4.74 Å². The van der Waals surface area contributed by atoms with E-state index in [1.54, 1.807) is 11.0 Å². The molecule has 0 spiro atoms. The smallest absolute Gasteiger partial charge is 0.265 e. The lowest BCUT2D eigenvalue weighted by Gasteiger charge is -2.33. The Balaban J connectivity index is 1.45.